The molecule has 0 bridgehead atoms. The molecule has 0 fully saturated rings. The molecule has 15 heavy (non-hydrogen) atoms. The van der Waals surface area contributed by atoms with Crippen LogP contribution in [0.5, 0.6) is 0 Å². The van der Waals surface area contributed by atoms with Crippen LogP contribution in [0.4, 0.5) is 0 Å². The van der Waals surface area contributed by atoms with Crippen LogP contribution in [0.2, 0.25) is 0 Å². The van der Waals surface area contributed by atoms with Crippen molar-refractivity contribution in [2.75, 3.05) is 6.54 Å². The zero-order valence-corrected chi connectivity index (χ0v) is 10.8. The lowest BCUT2D eigenvalue weighted by Crippen LogP contribution is -2.21. The van der Waals surface area contributed by atoms with E-state index >= 15 is 0 Å². The molecule has 0 aromatic heterocycles. The van der Waals surface area contributed by atoms with Gasteiger partial charge < -0.3 is 10.8 Å². The van der Waals surface area contributed by atoms with E-state index in [0.717, 1.165) is 4.47 Å². The number of aliphatic hydroxyl groups excluding tert-OH is 1. The Kier molecular flexibility index (Phi) is 4.77. The molecule has 0 aliphatic heterocycles. The summed E-state index contributed by atoms with van der Waals surface area (Å²) in [5, 5.41) is 9.49. The van der Waals surface area contributed by atoms with Gasteiger partial charge in [-0.15, -0.1) is 0 Å². The molecule has 0 aliphatic rings. The summed E-state index contributed by atoms with van der Waals surface area (Å²) in [7, 11) is 0. The maximum absolute atomic E-state index is 9.49. The van der Waals surface area contributed by atoms with Crippen molar-refractivity contribution in [3.8, 4) is 0 Å². The van der Waals surface area contributed by atoms with E-state index in [2.05, 4.69) is 48.0 Å². The minimum atomic E-state index is -0.409. The third-order valence-electron chi connectivity index (χ3n) is 2.58. The van der Waals surface area contributed by atoms with Crippen LogP contribution >= 0.6 is 15.9 Å². The van der Waals surface area contributed by atoms with Crippen molar-refractivity contribution in [2.45, 2.75) is 32.3 Å². The Morgan fingerprint density at radius 1 is 1.47 bits per heavy atom. The predicted molar refractivity (Wildman–Crippen MR) is 67.0 cm³/mol. The zero-order chi connectivity index (χ0) is 11.4. The van der Waals surface area contributed by atoms with Crippen molar-refractivity contribution in [2.24, 2.45) is 5.73 Å². The van der Waals surface area contributed by atoms with Crippen molar-refractivity contribution in [1.82, 2.24) is 0 Å². The lowest BCUT2D eigenvalue weighted by Gasteiger charge is -2.17. The number of halogens is 1. The Hall–Kier alpha value is -0.380. The van der Waals surface area contributed by atoms with Crippen molar-refractivity contribution >= 4 is 15.9 Å². The highest BCUT2D eigenvalue weighted by molar-refractivity contribution is 9.10. The highest BCUT2D eigenvalue weighted by Crippen LogP contribution is 2.28. The monoisotopic (exact) mass is 271 g/mol. The van der Waals surface area contributed by atoms with E-state index in [0.29, 0.717) is 18.9 Å². The van der Waals surface area contributed by atoms with Gasteiger partial charge in [0.2, 0.25) is 0 Å². The Morgan fingerprint density at radius 3 is 2.67 bits per heavy atom. The van der Waals surface area contributed by atoms with Gasteiger partial charge in [-0.05, 0) is 36.5 Å². The molecular formula is C12H18BrNO. The zero-order valence-electron chi connectivity index (χ0n) is 9.20. The average Bonchev–Trinajstić information content (AvgIpc) is 2.17. The fraction of sp³-hybridized carbons (Fsp3) is 0.500. The molecule has 2 nitrogen and oxygen atoms in total. The van der Waals surface area contributed by atoms with E-state index < -0.39 is 6.10 Å². The highest BCUT2D eigenvalue weighted by atomic mass is 79.9. The molecule has 0 radical (unpaired) electrons. The number of nitrogens with two attached hydrogens (primary N) is 1. The first kappa shape index (κ1) is 12.7. The van der Waals surface area contributed by atoms with E-state index in [1.807, 2.05) is 0 Å². The minimum Gasteiger partial charge on any atom is -0.392 e. The van der Waals surface area contributed by atoms with E-state index in [-0.39, 0.29) is 0 Å². The molecule has 84 valence electrons. The first-order chi connectivity index (χ1) is 7.04. The molecule has 3 heteroatoms. The van der Waals surface area contributed by atoms with Gasteiger partial charge in [0.1, 0.15) is 0 Å². The molecule has 0 spiro atoms. The number of aryl methyl sites for hydroxylation is 1. The molecule has 0 amide bonds. The smallest absolute Gasteiger partial charge is 0.0668 e. The van der Waals surface area contributed by atoms with Crippen LogP contribution in [-0.4, -0.2) is 17.8 Å². The lowest BCUT2D eigenvalue weighted by molar-refractivity contribution is 0.165. The highest BCUT2D eigenvalue weighted by Gasteiger charge is 2.13. The van der Waals surface area contributed by atoms with E-state index in [9.17, 15) is 5.11 Å². The molecule has 2 atom stereocenters. The Balaban J connectivity index is 2.77. The fourth-order valence-electron chi connectivity index (χ4n) is 1.66. The van der Waals surface area contributed by atoms with Crippen molar-refractivity contribution in [3.05, 3.63) is 33.8 Å². The maximum Gasteiger partial charge on any atom is 0.0668 e. The van der Waals surface area contributed by atoms with Crippen LogP contribution < -0.4 is 5.73 Å². The average molecular weight is 272 g/mol. The van der Waals surface area contributed by atoms with Crippen molar-refractivity contribution in [3.63, 3.8) is 0 Å². The van der Waals surface area contributed by atoms with Crippen LogP contribution in [0.3, 0.4) is 0 Å². The predicted octanol–water partition coefficient (Wildman–Crippen LogP) is 2.57. The summed E-state index contributed by atoms with van der Waals surface area (Å²) >= 11 is 3.55. The van der Waals surface area contributed by atoms with Gasteiger partial charge in [-0.3, -0.25) is 0 Å². The van der Waals surface area contributed by atoms with Gasteiger partial charge in [0.05, 0.1) is 6.10 Å². The van der Waals surface area contributed by atoms with Gasteiger partial charge in [-0.2, -0.15) is 0 Å². The quantitative estimate of drug-likeness (QED) is 0.884. The van der Waals surface area contributed by atoms with E-state index in [4.69, 9.17) is 5.73 Å². The van der Waals surface area contributed by atoms with Gasteiger partial charge in [0.25, 0.3) is 0 Å². The molecule has 3 N–H and O–H groups in total. The Morgan fingerprint density at radius 2 is 2.13 bits per heavy atom. The number of hydrogen-bond donors (Lipinski definition) is 2. The van der Waals surface area contributed by atoms with E-state index in [1.165, 1.54) is 11.1 Å². The van der Waals surface area contributed by atoms with Crippen LogP contribution in [0.15, 0.2) is 22.7 Å². The van der Waals surface area contributed by atoms with E-state index in [1.54, 1.807) is 0 Å². The first-order valence-corrected chi connectivity index (χ1v) is 5.98. The van der Waals surface area contributed by atoms with Crippen LogP contribution in [0, 0.1) is 6.92 Å². The second-order valence-corrected chi connectivity index (χ2v) is 4.91. The normalized spacial score (nSPS) is 15.0. The number of rotatable bonds is 4. The SMILES string of the molecule is Cc1ccc(C(C)CC(O)CN)c(Br)c1. The minimum absolute atomic E-state index is 0.318. The van der Waals surface area contributed by atoms with Crippen LogP contribution in [-0.2, 0) is 0 Å². The Labute approximate surface area is 99.6 Å². The van der Waals surface area contributed by atoms with Gasteiger partial charge in [-0.1, -0.05) is 35.0 Å². The number of benzene rings is 1. The topological polar surface area (TPSA) is 46.2 Å². The molecule has 1 aromatic rings. The summed E-state index contributed by atoms with van der Waals surface area (Å²) in [5.41, 5.74) is 7.86. The molecular weight excluding hydrogens is 254 g/mol. The van der Waals surface area contributed by atoms with Crippen LogP contribution in [0.25, 0.3) is 0 Å². The molecule has 0 aliphatic carbocycles. The second-order valence-electron chi connectivity index (χ2n) is 4.05. The molecule has 0 saturated carbocycles. The molecule has 1 rings (SSSR count). The maximum atomic E-state index is 9.49. The summed E-state index contributed by atoms with van der Waals surface area (Å²) in [4.78, 5) is 0. The summed E-state index contributed by atoms with van der Waals surface area (Å²) in [5.74, 6) is 0.318. The van der Waals surface area contributed by atoms with Crippen LogP contribution in [0.1, 0.15) is 30.4 Å². The van der Waals surface area contributed by atoms with Gasteiger partial charge in [0, 0.05) is 11.0 Å². The standard InChI is InChI=1S/C12H18BrNO/c1-8-3-4-11(12(13)5-8)9(2)6-10(15)7-14/h3-5,9-10,15H,6-7,14H2,1-2H3. The van der Waals surface area contributed by atoms with Crippen molar-refractivity contribution in [1.29, 1.82) is 0 Å². The summed E-state index contributed by atoms with van der Waals surface area (Å²) in [6.45, 7) is 4.50. The largest absolute Gasteiger partial charge is 0.392 e. The number of hydrogen-bond acceptors (Lipinski definition) is 2. The van der Waals surface area contributed by atoms with Gasteiger partial charge in [-0.25, -0.2) is 0 Å². The molecule has 0 heterocycles. The second kappa shape index (κ2) is 5.64. The Bertz CT molecular complexity index is 327. The molecule has 0 saturated heterocycles. The summed E-state index contributed by atoms with van der Waals surface area (Å²) in [6, 6.07) is 6.29. The molecule has 1 aromatic carbocycles. The van der Waals surface area contributed by atoms with Crippen molar-refractivity contribution < 1.29 is 5.11 Å². The third kappa shape index (κ3) is 3.59. The number of aliphatic hydroxyl groups is 1. The summed E-state index contributed by atoms with van der Waals surface area (Å²) in [6.07, 6.45) is 0.297. The van der Waals surface area contributed by atoms with Gasteiger partial charge in [0.15, 0.2) is 0 Å². The molecule has 2 unspecified atom stereocenters. The van der Waals surface area contributed by atoms with Gasteiger partial charge >= 0.3 is 0 Å². The fourth-order valence-corrected chi connectivity index (χ4v) is 2.55. The third-order valence-corrected chi connectivity index (χ3v) is 3.27. The lowest BCUT2D eigenvalue weighted by atomic mass is 9.94. The summed E-state index contributed by atoms with van der Waals surface area (Å²) < 4.78 is 1.11. The first-order valence-electron chi connectivity index (χ1n) is 5.18.